The number of rotatable bonds is 7. The second-order valence-electron chi connectivity index (χ2n) is 9.04. The molecule has 0 radical (unpaired) electrons. The molecule has 6 nitrogen and oxygen atoms in total. The van der Waals surface area contributed by atoms with Crippen LogP contribution in [0, 0.1) is 6.92 Å². The lowest BCUT2D eigenvalue weighted by Crippen LogP contribution is -2.29. The number of likely N-dealkylation sites (tertiary alicyclic amines) is 1. The van der Waals surface area contributed by atoms with Crippen molar-refractivity contribution in [3.8, 4) is 11.3 Å². The van der Waals surface area contributed by atoms with Crippen LogP contribution in [0.5, 0.6) is 0 Å². The number of halogens is 1. The first-order valence-electron chi connectivity index (χ1n) is 12.1. The summed E-state index contributed by atoms with van der Waals surface area (Å²) in [5.41, 5.74) is 6.38. The maximum Gasteiger partial charge on any atom is 0.256 e. The van der Waals surface area contributed by atoms with Crippen molar-refractivity contribution in [1.82, 2.24) is 14.9 Å². The Labute approximate surface area is 223 Å². The first-order valence-corrected chi connectivity index (χ1v) is 13.8. The lowest BCUT2D eigenvalue weighted by atomic mass is 10.1. The van der Waals surface area contributed by atoms with Crippen LogP contribution in [0.3, 0.4) is 0 Å². The van der Waals surface area contributed by atoms with Gasteiger partial charge in [-0.1, -0.05) is 18.6 Å². The fourth-order valence-electron chi connectivity index (χ4n) is 4.34. The lowest BCUT2D eigenvalue weighted by molar-refractivity contribution is 0.102. The molecule has 0 atom stereocenters. The molecule has 4 aromatic rings. The summed E-state index contributed by atoms with van der Waals surface area (Å²) in [7, 11) is 0. The Balaban J connectivity index is 1.26. The number of carbonyl (C=O) groups excluding carboxylic acids is 1. The van der Waals surface area contributed by atoms with Crippen molar-refractivity contribution in [2.45, 2.75) is 32.7 Å². The predicted molar refractivity (Wildman–Crippen MR) is 151 cm³/mol. The summed E-state index contributed by atoms with van der Waals surface area (Å²) in [5, 5.41) is 9.23. The number of aryl methyl sites for hydroxylation is 1. The van der Waals surface area contributed by atoms with Gasteiger partial charge in [0.05, 0.1) is 11.3 Å². The van der Waals surface area contributed by atoms with Crippen LogP contribution in [0.15, 0.2) is 70.8 Å². The van der Waals surface area contributed by atoms with Gasteiger partial charge in [-0.25, -0.2) is 4.98 Å². The van der Waals surface area contributed by atoms with Gasteiger partial charge < -0.3 is 10.6 Å². The molecule has 184 valence electrons. The van der Waals surface area contributed by atoms with E-state index in [1.165, 1.54) is 36.2 Å². The molecule has 1 fully saturated rings. The average Bonchev–Trinajstić information content (AvgIpc) is 3.36. The van der Waals surface area contributed by atoms with Crippen molar-refractivity contribution in [1.29, 1.82) is 0 Å². The number of hydrogen-bond donors (Lipinski definition) is 2. The summed E-state index contributed by atoms with van der Waals surface area (Å²) in [5.74, 6) is -0.144. The quantitative estimate of drug-likeness (QED) is 0.248. The molecular formula is C28H28BrN5OS. The molecular weight excluding hydrogens is 534 g/mol. The fraction of sp³-hybridized carbons (Fsp3) is 0.250. The average molecular weight is 563 g/mol. The van der Waals surface area contributed by atoms with E-state index < -0.39 is 0 Å². The second-order valence-corrected chi connectivity index (χ2v) is 10.8. The van der Waals surface area contributed by atoms with Crippen LogP contribution in [0.2, 0.25) is 0 Å². The fourth-order valence-corrected chi connectivity index (χ4v) is 5.68. The molecule has 5 rings (SSSR count). The van der Waals surface area contributed by atoms with Gasteiger partial charge in [0.25, 0.3) is 5.91 Å². The van der Waals surface area contributed by atoms with E-state index in [2.05, 4.69) is 53.6 Å². The first-order chi connectivity index (χ1) is 17.5. The number of aromatic nitrogens is 2. The molecule has 0 spiro atoms. The standard InChI is InChI=1S/C28H28BrN5OS/c1-19-7-9-22(15-25(19)32-28-33-26(18-36-28)21-6-5-11-30-16-21)31-27(35)23-10-8-20(14-24(23)29)17-34-12-3-2-4-13-34/h5-11,14-16,18H,2-4,12-13,17H2,1H3,(H,31,35)(H,32,33). The highest BCUT2D eigenvalue weighted by atomic mass is 79.9. The highest BCUT2D eigenvalue weighted by Gasteiger charge is 2.15. The number of piperidine rings is 1. The predicted octanol–water partition coefficient (Wildman–Crippen LogP) is 7.26. The van der Waals surface area contributed by atoms with Crippen LogP contribution >= 0.6 is 27.3 Å². The van der Waals surface area contributed by atoms with Gasteiger partial charge in [0.2, 0.25) is 0 Å². The highest BCUT2D eigenvalue weighted by Crippen LogP contribution is 2.30. The number of nitrogens with zero attached hydrogens (tertiary/aromatic N) is 3. The number of carbonyl (C=O) groups is 1. The third-order valence-corrected chi connectivity index (χ3v) is 7.75. The Hall–Kier alpha value is -3.07. The Bertz CT molecular complexity index is 1350. The number of pyridine rings is 1. The molecule has 0 bridgehead atoms. The van der Waals surface area contributed by atoms with Gasteiger partial charge in [0.15, 0.2) is 5.13 Å². The third-order valence-electron chi connectivity index (χ3n) is 6.33. The number of anilines is 3. The van der Waals surface area contributed by atoms with E-state index in [1.54, 1.807) is 12.4 Å². The van der Waals surface area contributed by atoms with E-state index in [1.807, 2.05) is 48.7 Å². The van der Waals surface area contributed by atoms with Crippen LogP contribution in [-0.4, -0.2) is 33.9 Å². The van der Waals surface area contributed by atoms with Crippen LogP contribution in [-0.2, 0) is 6.54 Å². The van der Waals surface area contributed by atoms with Crippen molar-refractivity contribution in [2.75, 3.05) is 23.7 Å². The van der Waals surface area contributed by atoms with Crippen LogP contribution < -0.4 is 10.6 Å². The molecule has 0 aliphatic carbocycles. The molecule has 1 aliphatic rings. The Morgan fingerprint density at radius 3 is 2.75 bits per heavy atom. The van der Waals surface area contributed by atoms with E-state index >= 15 is 0 Å². The summed E-state index contributed by atoms with van der Waals surface area (Å²) in [6.07, 6.45) is 7.41. The monoisotopic (exact) mass is 561 g/mol. The highest BCUT2D eigenvalue weighted by molar-refractivity contribution is 9.10. The molecule has 2 N–H and O–H groups in total. The van der Waals surface area contributed by atoms with Crippen molar-refractivity contribution in [3.05, 3.63) is 87.5 Å². The molecule has 8 heteroatoms. The SMILES string of the molecule is Cc1ccc(NC(=O)c2ccc(CN3CCCCC3)cc2Br)cc1Nc1nc(-c2cccnc2)cs1. The van der Waals surface area contributed by atoms with E-state index in [0.717, 1.165) is 57.4 Å². The second kappa shape index (κ2) is 11.3. The molecule has 2 aromatic heterocycles. The normalized spacial score (nSPS) is 13.9. The Morgan fingerprint density at radius 1 is 1.11 bits per heavy atom. The first kappa shape index (κ1) is 24.6. The molecule has 36 heavy (non-hydrogen) atoms. The third kappa shape index (κ3) is 6.00. The summed E-state index contributed by atoms with van der Waals surface area (Å²) < 4.78 is 0.811. The van der Waals surface area contributed by atoms with Crippen LogP contribution in [0.1, 0.15) is 40.7 Å². The van der Waals surface area contributed by atoms with Gasteiger partial charge in [0, 0.05) is 45.7 Å². The molecule has 1 aliphatic heterocycles. The molecule has 0 saturated carbocycles. The van der Waals surface area contributed by atoms with Crippen LogP contribution in [0.4, 0.5) is 16.5 Å². The van der Waals surface area contributed by atoms with Crippen molar-refractivity contribution < 1.29 is 4.79 Å². The summed E-state index contributed by atoms with van der Waals surface area (Å²) in [6, 6.07) is 15.8. The zero-order valence-corrected chi connectivity index (χ0v) is 22.5. The van der Waals surface area contributed by atoms with E-state index in [4.69, 9.17) is 0 Å². The molecule has 1 saturated heterocycles. The van der Waals surface area contributed by atoms with Crippen molar-refractivity contribution >= 4 is 49.7 Å². The smallest absolute Gasteiger partial charge is 0.256 e. The minimum atomic E-state index is -0.144. The molecule has 0 unspecified atom stereocenters. The number of hydrogen-bond acceptors (Lipinski definition) is 6. The largest absolute Gasteiger partial charge is 0.331 e. The summed E-state index contributed by atoms with van der Waals surface area (Å²) in [4.78, 5) is 24.4. The van der Waals surface area contributed by atoms with Gasteiger partial charge in [-0.2, -0.15) is 0 Å². The number of amides is 1. The van der Waals surface area contributed by atoms with Gasteiger partial charge >= 0.3 is 0 Å². The van der Waals surface area contributed by atoms with Gasteiger partial charge in [-0.15, -0.1) is 11.3 Å². The number of thiazole rings is 1. The zero-order chi connectivity index (χ0) is 24.9. The molecule has 3 heterocycles. The van der Waals surface area contributed by atoms with Crippen LogP contribution in [0.25, 0.3) is 11.3 Å². The minimum absolute atomic E-state index is 0.144. The van der Waals surface area contributed by atoms with Crippen molar-refractivity contribution in [2.24, 2.45) is 0 Å². The number of nitrogens with one attached hydrogen (secondary N) is 2. The maximum atomic E-state index is 13.1. The van der Waals surface area contributed by atoms with E-state index in [-0.39, 0.29) is 5.91 Å². The van der Waals surface area contributed by atoms with E-state index in [9.17, 15) is 4.79 Å². The zero-order valence-electron chi connectivity index (χ0n) is 20.1. The van der Waals surface area contributed by atoms with Gasteiger partial charge in [0.1, 0.15) is 0 Å². The number of benzene rings is 2. The van der Waals surface area contributed by atoms with Gasteiger partial charge in [-0.3, -0.25) is 14.7 Å². The van der Waals surface area contributed by atoms with E-state index in [0.29, 0.717) is 5.56 Å². The van der Waals surface area contributed by atoms with Gasteiger partial charge in [-0.05, 0) is 96.3 Å². The summed E-state index contributed by atoms with van der Waals surface area (Å²) >= 11 is 5.15. The lowest BCUT2D eigenvalue weighted by Gasteiger charge is -2.26. The minimum Gasteiger partial charge on any atom is -0.331 e. The maximum absolute atomic E-state index is 13.1. The van der Waals surface area contributed by atoms with Crippen molar-refractivity contribution in [3.63, 3.8) is 0 Å². The molecule has 1 amide bonds. The Kier molecular flexibility index (Phi) is 7.75. The summed E-state index contributed by atoms with van der Waals surface area (Å²) in [6.45, 7) is 5.25. The molecule has 2 aromatic carbocycles. The topological polar surface area (TPSA) is 70.2 Å². The Morgan fingerprint density at radius 2 is 1.97 bits per heavy atom.